The van der Waals surface area contributed by atoms with Gasteiger partial charge in [-0.2, -0.15) is 0 Å². The lowest BCUT2D eigenvalue weighted by molar-refractivity contribution is -0.129. The van der Waals surface area contributed by atoms with E-state index in [1.54, 1.807) is 18.2 Å². The summed E-state index contributed by atoms with van der Waals surface area (Å²) in [7, 11) is 0. The van der Waals surface area contributed by atoms with Crippen molar-refractivity contribution < 1.29 is 19.0 Å². The first-order valence-electron chi connectivity index (χ1n) is 7.79. The number of halogens is 1. The molecule has 0 radical (unpaired) electrons. The Kier molecular flexibility index (Phi) is 3.93. The van der Waals surface area contributed by atoms with Gasteiger partial charge >= 0.3 is 5.97 Å². The molecule has 0 unspecified atom stereocenters. The minimum absolute atomic E-state index is 0.212. The van der Waals surface area contributed by atoms with E-state index in [2.05, 4.69) is 4.99 Å². The highest BCUT2D eigenvalue weighted by atomic mass is 35.5. The number of benzene rings is 2. The molecule has 25 heavy (non-hydrogen) atoms. The third-order valence-electron chi connectivity index (χ3n) is 3.81. The van der Waals surface area contributed by atoms with Gasteiger partial charge in [-0.3, -0.25) is 0 Å². The molecule has 0 saturated heterocycles. The molecule has 2 heterocycles. The lowest BCUT2D eigenvalue weighted by atomic mass is 10.1. The SMILES string of the molecule is Cc1cccc(C2=N/C(=C/c3cc(Cl)c4c(c3)OCCO4)C(=O)O2)c1. The smallest absolute Gasteiger partial charge is 0.363 e. The van der Waals surface area contributed by atoms with E-state index in [0.717, 1.165) is 11.1 Å². The minimum Gasteiger partial charge on any atom is -0.486 e. The molecule has 2 aromatic carbocycles. The van der Waals surface area contributed by atoms with Crippen LogP contribution in [-0.4, -0.2) is 25.1 Å². The van der Waals surface area contributed by atoms with Crippen molar-refractivity contribution in [2.45, 2.75) is 6.92 Å². The Bertz CT molecular complexity index is 933. The quantitative estimate of drug-likeness (QED) is 0.608. The summed E-state index contributed by atoms with van der Waals surface area (Å²) in [6.45, 7) is 2.89. The number of carbonyl (C=O) groups is 1. The van der Waals surface area contributed by atoms with E-state index in [9.17, 15) is 4.79 Å². The van der Waals surface area contributed by atoms with Gasteiger partial charge in [0.15, 0.2) is 17.2 Å². The molecule has 4 rings (SSSR count). The van der Waals surface area contributed by atoms with Crippen molar-refractivity contribution in [3.8, 4) is 11.5 Å². The zero-order valence-electron chi connectivity index (χ0n) is 13.4. The molecule has 0 spiro atoms. The fourth-order valence-electron chi connectivity index (χ4n) is 2.68. The van der Waals surface area contributed by atoms with E-state index < -0.39 is 5.97 Å². The number of rotatable bonds is 2. The summed E-state index contributed by atoms with van der Waals surface area (Å²) in [5.41, 5.74) is 2.73. The van der Waals surface area contributed by atoms with Gasteiger partial charge < -0.3 is 14.2 Å². The largest absolute Gasteiger partial charge is 0.486 e. The number of esters is 1. The summed E-state index contributed by atoms with van der Waals surface area (Å²) in [5.74, 6) is 0.874. The second kappa shape index (κ2) is 6.26. The molecule has 6 heteroatoms. The lowest BCUT2D eigenvalue weighted by Gasteiger charge is -2.19. The molecule has 2 aliphatic rings. The fraction of sp³-hybridized carbons (Fsp3) is 0.158. The molecule has 0 atom stereocenters. The van der Waals surface area contributed by atoms with Crippen molar-refractivity contribution in [3.05, 3.63) is 63.8 Å². The van der Waals surface area contributed by atoms with E-state index in [1.807, 2.05) is 31.2 Å². The summed E-state index contributed by atoms with van der Waals surface area (Å²) in [4.78, 5) is 16.4. The van der Waals surface area contributed by atoms with Crippen LogP contribution in [0.2, 0.25) is 5.02 Å². The van der Waals surface area contributed by atoms with Crippen molar-refractivity contribution in [3.63, 3.8) is 0 Å². The van der Waals surface area contributed by atoms with Crippen LogP contribution in [0.25, 0.3) is 6.08 Å². The number of fused-ring (bicyclic) bond motifs is 1. The maximum absolute atomic E-state index is 12.1. The number of nitrogens with zero attached hydrogens (tertiary/aromatic N) is 1. The van der Waals surface area contributed by atoms with Gasteiger partial charge in [0, 0.05) is 5.56 Å². The standard InChI is InChI=1S/C19H14ClNO4/c1-11-3-2-4-13(7-11)18-21-15(19(22)25-18)9-12-8-14(20)17-16(10-12)23-5-6-24-17/h2-4,7-10H,5-6H2,1H3/b15-9+. The van der Waals surface area contributed by atoms with Crippen molar-refractivity contribution in [1.82, 2.24) is 0 Å². The summed E-state index contributed by atoms with van der Waals surface area (Å²) in [5, 5.41) is 0.429. The number of hydrogen-bond acceptors (Lipinski definition) is 5. The number of aliphatic imine (C=N–C) groups is 1. The average molecular weight is 356 g/mol. The average Bonchev–Trinajstić information content (AvgIpc) is 2.96. The Morgan fingerprint density at radius 1 is 1.16 bits per heavy atom. The summed E-state index contributed by atoms with van der Waals surface area (Å²) >= 11 is 6.22. The van der Waals surface area contributed by atoms with Crippen LogP contribution in [0.4, 0.5) is 0 Å². The molecule has 0 saturated carbocycles. The van der Waals surface area contributed by atoms with Crippen LogP contribution >= 0.6 is 11.6 Å². The van der Waals surface area contributed by atoms with Gasteiger partial charge in [0.1, 0.15) is 13.2 Å². The molecular weight excluding hydrogens is 342 g/mol. The Morgan fingerprint density at radius 2 is 2.00 bits per heavy atom. The predicted molar refractivity (Wildman–Crippen MR) is 94.2 cm³/mol. The first-order valence-corrected chi connectivity index (χ1v) is 8.17. The highest BCUT2D eigenvalue weighted by molar-refractivity contribution is 6.32. The molecule has 0 N–H and O–H groups in total. The van der Waals surface area contributed by atoms with Crippen LogP contribution in [0, 0.1) is 6.92 Å². The van der Waals surface area contributed by atoms with Crippen molar-refractivity contribution in [2.75, 3.05) is 13.2 Å². The molecule has 0 fully saturated rings. The van der Waals surface area contributed by atoms with E-state index in [-0.39, 0.29) is 5.70 Å². The predicted octanol–water partition coefficient (Wildman–Crippen LogP) is 3.76. The highest BCUT2D eigenvalue weighted by Crippen LogP contribution is 2.39. The molecular formula is C19H14ClNO4. The van der Waals surface area contributed by atoms with Crippen LogP contribution < -0.4 is 9.47 Å². The fourth-order valence-corrected chi connectivity index (χ4v) is 2.96. The number of cyclic esters (lactones) is 1. The maximum atomic E-state index is 12.1. The zero-order chi connectivity index (χ0) is 17.4. The molecule has 126 valence electrons. The summed E-state index contributed by atoms with van der Waals surface area (Å²) < 4.78 is 16.3. The van der Waals surface area contributed by atoms with Gasteiger partial charge in [-0.25, -0.2) is 9.79 Å². The molecule has 0 amide bonds. The minimum atomic E-state index is -0.498. The van der Waals surface area contributed by atoms with Crippen molar-refractivity contribution in [1.29, 1.82) is 0 Å². The van der Waals surface area contributed by atoms with E-state index in [4.69, 9.17) is 25.8 Å². The third-order valence-corrected chi connectivity index (χ3v) is 4.09. The van der Waals surface area contributed by atoms with E-state index >= 15 is 0 Å². The molecule has 0 bridgehead atoms. The van der Waals surface area contributed by atoms with Gasteiger partial charge in [0.25, 0.3) is 0 Å². The number of ether oxygens (including phenoxy) is 3. The summed E-state index contributed by atoms with van der Waals surface area (Å²) in [6, 6.07) is 11.1. The van der Waals surface area contributed by atoms with Crippen molar-refractivity contribution >= 4 is 29.5 Å². The van der Waals surface area contributed by atoms with Gasteiger partial charge in [-0.15, -0.1) is 0 Å². The van der Waals surface area contributed by atoms with Crippen molar-refractivity contribution in [2.24, 2.45) is 4.99 Å². The Hall–Kier alpha value is -2.79. The van der Waals surface area contributed by atoms with Gasteiger partial charge in [0.05, 0.1) is 5.02 Å². The van der Waals surface area contributed by atoms with E-state index in [1.165, 1.54) is 0 Å². The van der Waals surface area contributed by atoms with Crippen LogP contribution in [0.15, 0.2) is 47.1 Å². The monoisotopic (exact) mass is 355 g/mol. The molecule has 0 aromatic heterocycles. The normalized spacial score (nSPS) is 17.4. The third kappa shape index (κ3) is 3.10. The van der Waals surface area contributed by atoms with Gasteiger partial charge in [-0.1, -0.05) is 29.3 Å². The van der Waals surface area contributed by atoms with Crippen LogP contribution in [0.3, 0.4) is 0 Å². The molecule has 2 aromatic rings. The summed E-state index contributed by atoms with van der Waals surface area (Å²) in [6.07, 6.45) is 1.62. The number of aryl methyl sites for hydroxylation is 1. The second-order valence-electron chi connectivity index (χ2n) is 5.73. The number of hydrogen-bond donors (Lipinski definition) is 0. The maximum Gasteiger partial charge on any atom is 0.363 e. The van der Waals surface area contributed by atoms with Gasteiger partial charge in [-0.05, 0) is 42.8 Å². The lowest BCUT2D eigenvalue weighted by Crippen LogP contribution is -2.15. The molecule has 2 aliphatic heterocycles. The molecule has 0 aliphatic carbocycles. The topological polar surface area (TPSA) is 57.1 Å². The Morgan fingerprint density at radius 3 is 2.84 bits per heavy atom. The second-order valence-corrected chi connectivity index (χ2v) is 6.14. The highest BCUT2D eigenvalue weighted by Gasteiger charge is 2.25. The van der Waals surface area contributed by atoms with Crippen LogP contribution in [-0.2, 0) is 9.53 Å². The van der Waals surface area contributed by atoms with Gasteiger partial charge in [0.2, 0.25) is 5.90 Å². The Balaban J connectivity index is 1.69. The first-order chi connectivity index (χ1) is 12.1. The van der Waals surface area contributed by atoms with Crippen LogP contribution in [0.1, 0.15) is 16.7 Å². The number of carbonyl (C=O) groups excluding carboxylic acids is 1. The molecule has 5 nitrogen and oxygen atoms in total. The Labute approximate surface area is 149 Å². The van der Waals surface area contributed by atoms with E-state index in [0.29, 0.717) is 41.2 Å². The van der Waals surface area contributed by atoms with Crippen LogP contribution in [0.5, 0.6) is 11.5 Å². The first kappa shape index (κ1) is 15.7. The zero-order valence-corrected chi connectivity index (χ0v) is 14.2.